The molecule has 1 N–H and O–H groups in total. The van der Waals surface area contributed by atoms with Crippen LogP contribution in [0.2, 0.25) is 0 Å². The molecule has 0 spiro atoms. The molecule has 43 heavy (non-hydrogen) atoms. The van der Waals surface area contributed by atoms with Gasteiger partial charge in [0.25, 0.3) is 11.8 Å². The summed E-state index contributed by atoms with van der Waals surface area (Å²) in [6, 6.07) is 14.2. The predicted octanol–water partition coefficient (Wildman–Crippen LogP) is 5.52. The van der Waals surface area contributed by atoms with Crippen molar-refractivity contribution in [2.75, 3.05) is 13.7 Å². The standard InChI is InChI=1S/C35H44N2O6/c1-22(2)17-18-43-27-15-13-26(14-16-27)31-28(19-23(3)4)33(39)37(34(31)40)30(21-25-11-9-8-10-12-25)32(38)36-29(20-24(5)6)35(41)42-7/h8-17,23-24,29-30H,18-21H2,1-7H3,(H,36,38)/t29-,30?/m0/s1. The molecule has 0 saturated heterocycles. The van der Waals surface area contributed by atoms with Crippen LogP contribution in [0, 0.1) is 11.8 Å². The van der Waals surface area contributed by atoms with Gasteiger partial charge in [-0.25, -0.2) is 4.79 Å². The second kappa shape index (κ2) is 15.3. The number of ether oxygens (including phenoxy) is 2. The number of carbonyl (C=O) groups excluding carboxylic acids is 4. The van der Waals surface area contributed by atoms with Gasteiger partial charge in [-0.05, 0) is 67.9 Å². The highest BCUT2D eigenvalue weighted by molar-refractivity contribution is 6.36. The van der Waals surface area contributed by atoms with Gasteiger partial charge in [0.1, 0.15) is 24.4 Å². The number of nitrogens with zero attached hydrogens (tertiary/aromatic N) is 1. The highest BCUT2D eigenvalue weighted by atomic mass is 16.5. The molecule has 1 aliphatic rings. The molecule has 0 saturated carbocycles. The number of rotatable bonds is 14. The van der Waals surface area contributed by atoms with Crippen molar-refractivity contribution in [3.05, 3.63) is 82.9 Å². The van der Waals surface area contributed by atoms with Crippen molar-refractivity contribution in [1.82, 2.24) is 10.2 Å². The number of methoxy groups -OCH3 is 1. The second-order valence-electron chi connectivity index (χ2n) is 12.0. The van der Waals surface area contributed by atoms with Gasteiger partial charge in [-0.1, -0.05) is 75.7 Å². The van der Waals surface area contributed by atoms with Crippen molar-refractivity contribution < 1.29 is 28.7 Å². The summed E-state index contributed by atoms with van der Waals surface area (Å²) in [5.41, 5.74) is 3.16. The largest absolute Gasteiger partial charge is 0.490 e. The Balaban J connectivity index is 2.01. The van der Waals surface area contributed by atoms with Crippen molar-refractivity contribution in [1.29, 1.82) is 0 Å². The number of hydrogen-bond acceptors (Lipinski definition) is 6. The van der Waals surface area contributed by atoms with Crippen LogP contribution in [0.3, 0.4) is 0 Å². The van der Waals surface area contributed by atoms with E-state index in [4.69, 9.17) is 9.47 Å². The molecule has 2 aromatic carbocycles. The first-order valence-electron chi connectivity index (χ1n) is 14.8. The number of benzene rings is 2. The lowest BCUT2D eigenvalue weighted by Gasteiger charge is -2.28. The van der Waals surface area contributed by atoms with Crippen LogP contribution in [0.5, 0.6) is 5.75 Å². The molecule has 0 aliphatic carbocycles. The van der Waals surface area contributed by atoms with E-state index in [1.807, 2.05) is 78.0 Å². The fourth-order valence-electron chi connectivity index (χ4n) is 5.03. The normalized spacial score (nSPS) is 14.7. The monoisotopic (exact) mass is 588 g/mol. The lowest BCUT2D eigenvalue weighted by atomic mass is 9.95. The van der Waals surface area contributed by atoms with Crippen LogP contribution in [0.1, 0.15) is 65.5 Å². The molecule has 2 atom stereocenters. The van der Waals surface area contributed by atoms with E-state index in [0.717, 1.165) is 16.0 Å². The Bertz CT molecular complexity index is 1350. The number of nitrogens with one attached hydrogen (secondary N) is 1. The topological polar surface area (TPSA) is 102 Å². The molecule has 2 aromatic rings. The maximum absolute atomic E-state index is 14.2. The van der Waals surface area contributed by atoms with Gasteiger partial charge in [-0.3, -0.25) is 19.3 Å². The van der Waals surface area contributed by atoms with E-state index >= 15 is 0 Å². The Morgan fingerprint density at radius 2 is 1.53 bits per heavy atom. The van der Waals surface area contributed by atoms with Gasteiger partial charge in [0, 0.05) is 12.0 Å². The third-order valence-corrected chi connectivity index (χ3v) is 7.10. The number of carbonyl (C=O) groups is 4. The minimum atomic E-state index is -1.17. The zero-order valence-corrected chi connectivity index (χ0v) is 26.3. The van der Waals surface area contributed by atoms with E-state index in [2.05, 4.69) is 5.32 Å². The lowest BCUT2D eigenvalue weighted by Crippen LogP contribution is -2.55. The third kappa shape index (κ3) is 8.89. The number of imide groups is 1. The molecule has 8 nitrogen and oxygen atoms in total. The van der Waals surface area contributed by atoms with Crippen molar-refractivity contribution in [2.45, 2.75) is 72.9 Å². The third-order valence-electron chi connectivity index (χ3n) is 7.10. The predicted molar refractivity (Wildman–Crippen MR) is 167 cm³/mol. The number of amides is 3. The summed E-state index contributed by atoms with van der Waals surface area (Å²) in [5.74, 6) is -1.38. The SMILES string of the molecule is COC(=O)[C@H](CC(C)C)NC(=O)C(Cc1ccccc1)N1C(=O)C(CC(C)C)=C(c2ccc(OCC=C(C)C)cc2)C1=O. The highest BCUT2D eigenvalue weighted by Crippen LogP contribution is 2.35. The quantitative estimate of drug-likeness (QED) is 0.177. The van der Waals surface area contributed by atoms with Gasteiger partial charge in [0.2, 0.25) is 5.91 Å². The minimum absolute atomic E-state index is 0.0875. The van der Waals surface area contributed by atoms with E-state index in [1.54, 1.807) is 24.3 Å². The molecule has 230 valence electrons. The maximum atomic E-state index is 14.2. The first-order valence-corrected chi connectivity index (χ1v) is 14.8. The molecule has 3 amide bonds. The van der Waals surface area contributed by atoms with Crippen LogP contribution in [0.25, 0.3) is 5.57 Å². The first kappa shape index (κ1) is 33.3. The molecule has 1 unspecified atom stereocenters. The van der Waals surface area contributed by atoms with Crippen molar-refractivity contribution in [2.24, 2.45) is 11.8 Å². The Labute approximate surface area is 255 Å². The van der Waals surface area contributed by atoms with Crippen LogP contribution in [0.4, 0.5) is 0 Å². The van der Waals surface area contributed by atoms with Crippen LogP contribution < -0.4 is 10.1 Å². The van der Waals surface area contributed by atoms with Gasteiger partial charge in [-0.15, -0.1) is 0 Å². The Morgan fingerprint density at radius 1 is 0.884 bits per heavy atom. The molecule has 1 heterocycles. The van der Waals surface area contributed by atoms with Crippen molar-refractivity contribution in [3.63, 3.8) is 0 Å². The van der Waals surface area contributed by atoms with Gasteiger partial charge in [0.15, 0.2) is 0 Å². The molecular formula is C35H44N2O6. The summed E-state index contributed by atoms with van der Waals surface area (Å²) in [6.45, 7) is 12.2. The summed E-state index contributed by atoms with van der Waals surface area (Å²) in [4.78, 5) is 55.7. The molecule has 8 heteroatoms. The van der Waals surface area contributed by atoms with Crippen molar-refractivity contribution >= 4 is 29.3 Å². The molecular weight excluding hydrogens is 544 g/mol. The average Bonchev–Trinajstić information content (AvgIpc) is 3.19. The first-order chi connectivity index (χ1) is 20.4. The second-order valence-corrected chi connectivity index (χ2v) is 12.0. The molecule has 0 radical (unpaired) electrons. The summed E-state index contributed by atoms with van der Waals surface area (Å²) < 4.78 is 10.7. The molecule has 0 aromatic heterocycles. The Morgan fingerprint density at radius 3 is 2.09 bits per heavy atom. The summed E-state index contributed by atoms with van der Waals surface area (Å²) in [6.07, 6.45) is 2.78. The van der Waals surface area contributed by atoms with Crippen LogP contribution >= 0.6 is 0 Å². The highest BCUT2D eigenvalue weighted by Gasteiger charge is 2.45. The van der Waals surface area contributed by atoms with E-state index in [-0.39, 0.29) is 23.8 Å². The van der Waals surface area contributed by atoms with Gasteiger partial charge in [-0.2, -0.15) is 0 Å². The van der Waals surface area contributed by atoms with E-state index < -0.39 is 35.8 Å². The van der Waals surface area contributed by atoms with Gasteiger partial charge >= 0.3 is 5.97 Å². The zero-order chi connectivity index (χ0) is 31.7. The fourth-order valence-corrected chi connectivity index (χ4v) is 5.03. The average molecular weight is 589 g/mol. The smallest absolute Gasteiger partial charge is 0.328 e. The summed E-state index contributed by atoms with van der Waals surface area (Å²) >= 11 is 0. The van der Waals surface area contributed by atoms with Crippen LogP contribution in [-0.4, -0.2) is 54.4 Å². The molecule has 0 fully saturated rings. The fraction of sp³-hybridized carbons (Fsp3) is 0.429. The molecule has 0 bridgehead atoms. The minimum Gasteiger partial charge on any atom is -0.490 e. The number of esters is 1. The van der Waals surface area contributed by atoms with E-state index in [1.165, 1.54) is 7.11 Å². The molecule has 1 aliphatic heterocycles. The van der Waals surface area contributed by atoms with Crippen molar-refractivity contribution in [3.8, 4) is 5.75 Å². The summed E-state index contributed by atoms with van der Waals surface area (Å²) in [7, 11) is 1.27. The Hall–Kier alpha value is -4.20. The van der Waals surface area contributed by atoms with Crippen LogP contribution in [-0.2, 0) is 30.3 Å². The number of allylic oxidation sites excluding steroid dienone is 1. The number of hydrogen-bond donors (Lipinski definition) is 1. The van der Waals surface area contributed by atoms with E-state index in [9.17, 15) is 19.2 Å². The summed E-state index contributed by atoms with van der Waals surface area (Å²) in [5, 5.41) is 2.78. The zero-order valence-electron chi connectivity index (χ0n) is 26.3. The van der Waals surface area contributed by atoms with Gasteiger partial charge in [0.05, 0.1) is 12.7 Å². The van der Waals surface area contributed by atoms with Crippen LogP contribution in [0.15, 0.2) is 71.8 Å². The van der Waals surface area contributed by atoms with Gasteiger partial charge < -0.3 is 14.8 Å². The Kier molecular flexibility index (Phi) is 11.9. The molecule has 3 rings (SSSR count). The maximum Gasteiger partial charge on any atom is 0.328 e. The lowest BCUT2D eigenvalue weighted by molar-refractivity contribution is -0.148. The van der Waals surface area contributed by atoms with E-state index in [0.29, 0.717) is 36.3 Å².